The quantitative estimate of drug-likeness (QED) is 0.841. The van der Waals surface area contributed by atoms with Gasteiger partial charge in [-0.1, -0.05) is 0 Å². The van der Waals surface area contributed by atoms with Gasteiger partial charge in [-0.2, -0.15) is 15.0 Å². The van der Waals surface area contributed by atoms with Crippen molar-refractivity contribution in [2.24, 2.45) is 0 Å². The van der Waals surface area contributed by atoms with E-state index < -0.39 is 0 Å². The number of nitrogens with zero attached hydrogens (tertiary/aromatic N) is 6. The first-order valence-corrected chi connectivity index (χ1v) is 6.75. The molecule has 6 nitrogen and oxygen atoms in total. The molecule has 0 saturated carbocycles. The summed E-state index contributed by atoms with van der Waals surface area (Å²) in [5, 5.41) is 0.192. The number of anilines is 1. The molecule has 0 atom stereocenters. The minimum absolute atomic E-state index is 0.192. The lowest BCUT2D eigenvalue weighted by Crippen LogP contribution is -2.24. The molecule has 2 aromatic rings. The van der Waals surface area contributed by atoms with Crippen LogP contribution in [0.15, 0.2) is 12.4 Å². The van der Waals surface area contributed by atoms with E-state index in [1.165, 1.54) is 0 Å². The largest absolute Gasteiger partial charge is 0.341 e. The fourth-order valence-corrected chi connectivity index (χ4v) is 2.01. The van der Waals surface area contributed by atoms with Crippen molar-refractivity contribution in [2.75, 3.05) is 18.0 Å². The average Bonchev–Trinajstić information content (AvgIpc) is 2.88. The number of rotatable bonds is 5. The summed E-state index contributed by atoms with van der Waals surface area (Å²) in [6, 6.07) is 0. The second-order valence-corrected chi connectivity index (χ2v) is 4.28. The molecular weight excluding hydrogens is 264 g/mol. The van der Waals surface area contributed by atoms with Crippen LogP contribution >= 0.6 is 11.6 Å². The highest BCUT2D eigenvalue weighted by Gasteiger charge is 2.14. The van der Waals surface area contributed by atoms with Gasteiger partial charge in [0.15, 0.2) is 5.82 Å². The van der Waals surface area contributed by atoms with Crippen LogP contribution in [0.2, 0.25) is 5.28 Å². The monoisotopic (exact) mass is 280 g/mol. The molecule has 0 amide bonds. The molecule has 0 aliphatic rings. The molecule has 0 aliphatic heterocycles. The standard InChI is InChI=1S/C12H17ClN6/c1-4-18(5-2)12-16-9(15-11(13)17-12)10-14-7-8-19(10)6-3/h7-8H,4-6H2,1-3H3. The molecule has 102 valence electrons. The Kier molecular flexibility index (Phi) is 4.31. The van der Waals surface area contributed by atoms with Crippen LogP contribution in [0.1, 0.15) is 20.8 Å². The molecule has 2 heterocycles. The summed E-state index contributed by atoms with van der Waals surface area (Å²) in [7, 11) is 0. The van der Waals surface area contributed by atoms with Gasteiger partial charge in [-0.3, -0.25) is 0 Å². The molecule has 0 radical (unpaired) electrons. The van der Waals surface area contributed by atoms with Gasteiger partial charge in [-0.05, 0) is 32.4 Å². The lowest BCUT2D eigenvalue weighted by Gasteiger charge is -2.18. The van der Waals surface area contributed by atoms with E-state index >= 15 is 0 Å². The van der Waals surface area contributed by atoms with E-state index in [9.17, 15) is 0 Å². The Labute approximate surface area is 117 Å². The number of aromatic nitrogens is 5. The molecule has 0 unspecified atom stereocenters. The lowest BCUT2D eigenvalue weighted by atomic mass is 10.5. The highest BCUT2D eigenvalue weighted by molar-refractivity contribution is 6.28. The number of hydrogen-bond donors (Lipinski definition) is 0. The van der Waals surface area contributed by atoms with Crippen molar-refractivity contribution < 1.29 is 0 Å². The van der Waals surface area contributed by atoms with Crippen molar-refractivity contribution >= 4 is 17.5 Å². The summed E-state index contributed by atoms with van der Waals surface area (Å²) >= 11 is 5.99. The van der Waals surface area contributed by atoms with Crippen LogP contribution in [-0.2, 0) is 6.54 Å². The van der Waals surface area contributed by atoms with Gasteiger partial charge in [-0.25, -0.2) is 4.98 Å². The number of aryl methyl sites for hydroxylation is 1. The van der Waals surface area contributed by atoms with Crippen LogP contribution in [0.3, 0.4) is 0 Å². The predicted octanol–water partition coefficient (Wildman–Crippen LogP) is 2.25. The molecule has 0 aromatic carbocycles. The first kappa shape index (κ1) is 13.7. The smallest absolute Gasteiger partial charge is 0.230 e. The Hall–Kier alpha value is -1.69. The Morgan fingerprint density at radius 1 is 1.16 bits per heavy atom. The van der Waals surface area contributed by atoms with Crippen LogP contribution in [0.25, 0.3) is 11.6 Å². The zero-order valence-electron chi connectivity index (χ0n) is 11.3. The van der Waals surface area contributed by atoms with Crippen LogP contribution < -0.4 is 4.90 Å². The SMILES string of the molecule is CCN(CC)c1nc(Cl)nc(-c2nccn2CC)n1. The van der Waals surface area contributed by atoms with Gasteiger partial charge in [0, 0.05) is 32.0 Å². The minimum Gasteiger partial charge on any atom is -0.341 e. The summed E-state index contributed by atoms with van der Waals surface area (Å²) in [6.07, 6.45) is 3.62. The summed E-state index contributed by atoms with van der Waals surface area (Å²) in [5.41, 5.74) is 0. The molecule has 0 N–H and O–H groups in total. The maximum absolute atomic E-state index is 5.99. The van der Waals surface area contributed by atoms with Crippen molar-refractivity contribution in [1.82, 2.24) is 24.5 Å². The van der Waals surface area contributed by atoms with E-state index in [2.05, 4.69) is 19.9 Å². The minimum atomic E-state index is 0.192. The van der Waals surface area contributed by atoms with E-state index in [1.54, 1.807) is 6.20 Å². The third-order valence-corrected chi connectivity index (χ3v) is 3.07. The number of halogens is 1. The maximum Gasteiger partial charge on any atom is 0.230 e. The summed E-state index contributed by atoms with van der Waals surface area (Å²) in [6.45, 7) is 8.58. The lowest BCUT2D eigenvalue weighted by molar-refractivity contribution is 0.758. The molecule has 2 aromatic heterocycles. The highest BCUT2D eigenvalue weighted by Crippen LogP contribution is 2.18. The molecular formula is C12H17ClN6. The Bertz CT molecular complexity index is 549. The average molecular weight is 281 g/mol. The van der Waals surface area contributed by atoms with E-state index in [1.807, 2.05) is 36.4 Å². The summed E-state index contributed by atoms with van der Waals surface area (Å²) in [5.74, 6) is 1.81. The van der Waals surface area contributed by atoms with Crippen LogP contribution in [0.4, 0.5) is 5.95 Å². The first-order valence-electron chi connectivity index (χ1n) is 6.37. The Balaban J connectivity index is 2.47. The second kappa shape index (κ2) is 5.97. The Morgan fingerprint density at radius 2 is 1.89 bits per heavy atom. The van der Waals surface area contributed by atoms with Crippen molar-refractivity contribution in [3.8, 4) is 11.6 Å². The van der Waals surface area contributed by atoms with Crippen LogP contribution in [0.5, 0.6) is 0 Å². The molecule has 0 aliphatic carbocycles. The molecule has 0 fully saturated rings. The third-order valence-electron chi connectivity index (χ3n) is 2.90. The van der Waals surface area contributed by atoms with Gasteiger partial charge in [-0.15, -0.1) is 0 Å². The van der Waals surface area contributed by atoms with Gasteiger partial charge in [0.05, 0.1) is 0 Å². The third kappa shape index (κ3) is 2.84. The summed E-state index contributed by atoms with van der Waals surface area (Å²) < 4.78 is 1.97. The zero-order chi connectivity index (χ0) is 13.8. The topological polar surface area (TPSA) is 59.7 Å². The number of hydrogen-bond acceptors (Lipinski definition) is 5. The number of imidazole rings is 1. The van der Waals surface area contributed by atoms with E-state index in [-0.39, 0.29) is 5.28 Å². The van der Waals surface area contributed by atoms with E-state index in [4.69, 9.17) is 11.6 Å². The Morgan fingerprint density at radius 3 is 2.53 bits per heavy atom. The first-order chi connectivity index (χ1) is 9.19. The molecule has 0 bridgehead atoms. The van der Waals surface area contributed by atoms with Crippen LogP contribution in [0, 0.1) is 0 Å². The van der Waals surface area contributed by atoms with Crippen molar-refractivity contribution in [3.63, 3.8) is 0 Å². The maximum atomic E-state index is 5.99. The van der Waals surface area contributed by atoms with Gasteiger partial charge in [0.1, 0.15) is 0 Å². The van der Waals surface area contributed by atoms with Gasteiger partial charge < -0.3 is 9.47 Å². The van der Waals surface area contributed by atoms with E-state index in [0.29, 0.717) is 17.6 Å². The molecule has 7 heteroatoms. The predicted molar refractivity (Wildman–Crippen MR) is 75.3 cm³/mol. The summed E-state index contributed by atoms with van der Waals surface area (Å²) in [4.78, 5) is 19.1. The van der Waals surface area contributed by atoms with Crippen LogP contribution in [-0.4, -0.2) is 37.6 Å². The zero-order valence-corrected chi connectivity index (χ0v) is 12.1. The fraction of sp³-hybridized carbons (Fsp3) is 0.500. The van der Waals surface area contributed by atoms with Gasteiger partial charge in [0.2, 0.25) is 17.1 Å². The molecule has 0 saturated heterocycles. The van der Waals surface area contributed by atoms with Crippen molar-refractivity contribution in [3.05, 3.63) is 17.7 Å². The van der Waals surface area contributed by atoms with Gasteiger partial charge >= 0.3 is 0 Å². The van der Waals surface area contributed by atoms with E-state index in [0.717, 1.165) is 19.6 Å². The molecule has 2 rings (SSSR count). The molecule has 0 spiro atoms. The van der Waals surface area contributed by atoms with Crippen molar-refractivity contribution in [1.29, 1.82) is 0 Å². The van der Waals surface area contributed by atoms with Crippen molar-refractivity contribution in [2.45, 2.75) is 27.3 Å². The second-order valence-electron chi connectivity index (χ2n) is 3.94. The molecule has 19 heavy (non-hydrogen) atoms. The van der Waals surface area contributed by atoms with Gasteiger partial charge in [0.25, 0.3) is 0 Å². The normalized spacial score (nSPS) is 10.7. The fourth-order valence-electron chi connectivity index (χ4n) is 1.86. The highest BCUT2D eigenvalue weighted by atomic mass is 35.5.